The van der Waals surface area contributed by atoms with Crippen molar-refractivity contribution in [2.45, 2.75) is 32.1 Å². The number of nitrogens with zero attached hydrogens (tertiary/aromatic N) is 5. The Hall–Kier alpha value is -2.28. The van der Waals surface area contributed by atoms with E-state index in [-0.39, 0.29) is 5.91 Å². The van der Waals surface area contributed by atoms with Gasteiger partial charge in [0.25, 0.3) is 5.91 Å². The van der Waals surface area contributed by atoms with E-state index in [2.05, 4.69) is 22.3 Å². The summed E-state index contributed by atoms with van der Waals surface area (Å²) in [7, 11) is 0. The van der Waals surface area contributed by atoms with Crippen LogP contribution in [0.3, 0.4) is 0 Å². The molecule has 7 heteroatoms. The van der Waals surface area contributed by atoms with Crippen LogP contribution in [0.5, 0.6) is 0 Å². The monoisotopic (exact) mass is 341 g/mol. The van der Waals surface area contributed by atoms with Crippen molar-refractivity contribution in [1.82, 2.24) is 24.3 Å². The van der Waals surface area contributed by atoms with Crippen LogP contribution in [-0.4, -0.2) is 43.2 Å². The van der Waals surface area contributed by atoms with Crippen LogP contribution in [0.1, 0.15) is 46.9 Å². The van der Waals surface area contributed by atoms with Crippen LogP contribution >= 0.6 is 11.3 Å². The number of aryl methyl sites for hydroxylation is 1. The highest BCUT2D eigenvalue weighted by molar-refractivity contribution is 7.09. The summed E-state index contributed by atoms with van der Waals surface area (Å²) in [4.78, 5) is 28.0. The number of imidazole rings is 1. The number of carbonyl (C=O) groups excluding carboxylic acids is 1. The molecule has 1 fully saturated rings. The molecule has 6 nitrogen and oxygen atoms in total. The number of aromatic nitrogens is 4. The first-order valence-electron chi connectivity index (χ1n) is 8.28. The fraction of sp³-hybridized carbons (Fsp3) is 0.412. The number of amides is 1. The zero-order chi connectivity index (χ0) is 16.5. The molecule has 0 spiro atoms. The molecule has 124 valence electrons. The Balaban J connectivity index is 1.53. The maximum Gasteiger partial charge on any atom is 0.274 e. The number of carbonyl (C=O) groups is 1. The van der Waals surface area contributed by atoms with E-state index in [0.717, 1.165) is 43.1 Å². The van der Waals surface area contributed by atoms with E-state index in [9.17, 15) is 4.79 Å². The first-order chi connectivity index (χ1) is 11.7. The van der Waals surface area contributed by atoms with Gasteiger partial charge < -0.3 is 4.90 Å². The second-order valence-electron chi connectivity index (χ2n) is 6.07. The Morgan fingerprint density at radius 1 is 1.42 bits per heavy atom. The van der Waals surface area contributed by atoms with Gasteiger partial charge in [-0.25, -0.2) is 15.0 Å². The van der Waals surface area contributed by atoms with Crippen molar-refractivity contribution in [2.24, 2.45) is 0 Å². The summed E-state index contributed by atoms with van der Waals surface area (Å²) < 4.78 is 1.78. The molecular weight excluding hydrogens is 322 g/mol. The van der Waals surface area contributed by atoms with Gasteiger partial charge in [-0.2, -0.15) is 0 Å². The Labute approximate surface area is 144 Å². The molecule has 1 amide bonds. The van der Waals surface area contributed by atoms with Gasteiger partial charge in [-0.1, -0.05) is 6.92 Å². The van der Waals surface area contributed by atoms with Crippen molar-refractivity contribution in [3.63, 3.8) is 0 Å². The lowest BCUT2D eigenvalue weighted by atomic mass is 9.98. The van der Waals surface area contributed by atoms with Crippen LogP contribution < -0.4 is 0 Å². The molecular formula is C17H19N5OS. The van der Waals surface area contributed by atoms with Gasteiger partial charge in [0, 0.05) is 43.0 Å². The molecule has 3 aromatic heterocycles. The zero-order valence-corrected chi connectivity index (χ0v) is 14.4. The highest BCUT2D eigenvalue weighted by Gasteiger charge is 2.28. The Morgan fingerprint density at radius 2 is 2.33 bits per heavy atom. The van der Waals surface area contributed by atoms with Crippen LogP contribution in [0, 0.1) is 0 Å². The van der Waals surface area contributed by atoms with Crippen LogP contribution in [0.4, 0.5) is 0 Å². The van der Waals surface area contributed by atoms with E-state index in [4.69, 9.17) is 4.98 Å². The van der Waals surface area contributed by atoms with Crippen LogP contribution in [0.15, 0.2) is 30.0 Å². The van der Waals surface area contributed by atoms with Gasteiger partial charge in [0.15, 0.2) is 0 Å². The molecule has 1 saturated heterocycles. The quantitative estimate of drug-likeness (QED) is 0.735. The highest BCUT2D eigenvalue weighted by Crippen LogP contribution is 2.30. The largest absolute Gasteiger partial charge is 0.337 e. The summed E-state index contributed by atoms with van der Waals surface area (Å²) in [5, 5.41) is 3.28. The standard InChI is InChI=1S/C17H19N5OS/c1-2-13-11-24-15(19-13)12-5-3-7-21(9-12)16(23)14-10-22-8-4-6-18-17(22)20-14/h4,6,8,10-12H,2-3,5,7,9H2,1H3/t12-/m1/s1. The second-order valence-corrected chi connectivity index (χ2v) is 6.96. The van der Waals surface area contributed by atoms with Crippen LogP contribution in [0.25, 0.3) is 5.78 Å². The van der Waals surface area contributed by atoms with Crippen molar-refractivity contribution in [1.29, 1.82) is 0 Å². The summed E-state index contributed by atoms with van der Waals surface area (Å²) in [5.74, 6) is 0.877. The van der Waals surface area contributed by atoms with E-state index in [1.165, 1.54) is 0 Å². The molecule has 1 aliphatic rings. The van der Waals surface area contributed by atoms with Gasteiger partial charge in [-0.3, -0.25) is 9.20 Å². The minimum Gasteiger partial charge on any atom is -0.337 e. The molecule has 24 heavy (non-hydrogen) atoms. The maximum atomic E-state index is 12.8. The third-order valence-corrected chi connectivity index (χ3v) is 5.50. The number of thiazole rings is 1. The average molecular weight is 341 g/mol. The molecule has 1 aliphatic heterocycles. The third-order valence-electron chi connectivity index (χ3n) is 4.44. The van der Waals surface area contributed by atoms with Gasteiger partial charge in [-0.05, 0) is 25.3 Å². The fourth-order valence-corrected chi connectivity index (χ4v) is 4.16. The van der Waals surface area contributed by atoms with Gasteiger partial charge in [-0.15, -0.1) is 11.3 Å². The van der Waals surface area contributed by atoms with E-state index in [1.54, 1.807) is 28.1 Å². The van der Waals surface area contributed by atoms with Crippen molar-refractivity contribution < 1.29 is 4.79 Å². The fourth-order valence-electron chi connectivity index (χ4n) is 3.13. The SMILES string of the molecule is CCc1csc([C@@H]2CCCN(C(=O)c3cn4cccnc4n3)C2)n1. The van der Waals surface area contributed by atoms with E-state index < -0.39 is 0 Å². The second kappa shape index (κ2) is 6.32. The van der Waals surface area contributed by atoms with Crippen molar-refractivity contribution in [2.75, 3.05) is 13.1 Å². The summed E-state index contributed by atoms with van der Waals surface area (Å²) in [6.45, 7) is 3.62. The van der Waals surface area contributed by atoms with Crippen molar-refractivity contribution in [3.8, 4) is 0 Å². The summed E-state index contributed by atoms with van der Waals surface area (Å²) >= 11 is 1.72. The minimum absolute atomic E-state index is 0.0162. The van der Waals surface area contributed by atoms with E-state index >= 15 is 0 Å². The number of piperidine rings is 1. The van der Waals surface area contributed by atoms with E-state index in [0.29, 0.717) is 17.4 Å². The molecule has 0 aromatic carbocycles. The lowest BCUT2D eigenvalue weighted by Gasteiger charge is -2.31. The molecule has 4 heterocycles. The Bertz CT molecular complexity index is 838. The summed E-state index contributed by atoms with van der Waals surface area (Å²) in [6.07, 6.45) is 8.34. The number of hydrogen-bond acceptors (Lipinski definition) is 5. The Kier molecular flexibility index (Phi) is 4.02. The summed E-state index contributed by atoms with van der Waals surface area (Å²) in [5.41, 5.74) is 1.60. The predicted octanol–water partition coefficient (Wildman–Crippen LogP) is 2.77. The van der Waals surface area contributed by atoms with Crippen LogP contribution in [-0.2, 0) is 6.42 Å². The lowest BCUT2D eigenvalue weighted by Crippen LogP contribution is -2.39. The molecule has 4 rings (SSSR count). The number of fused-ring (bicyclic) bond motifs is 1. The van der Waals surface area contributed by atoms with Gasteiger partial charge >= 0.3 is 0 Å². The van der Waals surface area contributed by atoms with Crippen molar-refractivity contribution >= 4 is 23.0 Å². The molecule has 0 saturated carbocycles. The predicted molar refractivity (Wildman–Crippen MR) is 92.4 cm³/mol. The van der Waals surface area contributed by atoms with Gasteiger partial charge in [0.2, 0.25) is 5.78 Å². The van der Waals surface area contributed by atoms with Gasteiger partial charge in [0.1, 0.15) is 5.69 Å². The highest BCUT2D eigenvalue weighted by atomic mass is 32.1. The number of hydrogen-bond donors (Lipinski definition) is 0. The molecule has 0 radical (unpaired) electrons. The molecule has 1 atom stereocenters. The lowest BCUT2D eigenvalue weighted by molar-refractivity contribution is 0.0701. The van der Waals surface area contributed by atoms with E-state index in [1.807, 2.05) is 17.2 Å². The third kappa shape index (κ3) is 2.80. The van der Waals surface area contributed by atoms with Gasteiger partial charge in [0.05, 0.1) is 10.7 Å². The molecule has 3 aromatic rings. The molecule has 0 N–H and O–H groups in total. The average Bonchev–Trinajstić information content (AvgIpc) is 3.27. The first kappa shape index (κ1) is 15.3. The zero-order valence-electron chi connectivity index (χ0n) is 13.6. The molecule has 0 aliphatic carbocycles. The summed E-state index contributed by atoms with van der Waals surface area (Å²) in [6, 6.07) is 1.83. The smallest absolute Gasteiger partial charge is 0.274 e. The first-order valence-corrected chi connectivity index (χ1v) is 9.16. The maximum absolute atomic E-state index is 12.8. The van der Waals surface area contributed by atoms with Crippen LogP contribution in [0.2, 0.25) is 0 Å². The Morgan fingerprint density at radius 3 is 3.12 bits per heavy atom. The number of likely N-dealkylation sites (tertiary alicyclic amines) is 1. The number of rotatable bonds is 3. The van der Waals surface area contributed by atoms with Crippen molar-refractivity contribution in [3.05, 3.63) is 46.4 Å². The molecule has 0 bridgehead atoms. The molecule has 0 unspecified atom stereocenters. The minimum atomic E-state index is -0.0162. The normalized spacial score (nSPS) is 18.2. The topological polar surface area (TPSA) is 63.4 Å².